The van der Waals surface area contributed by atoms with Crippen LogP contribution in [0.2, 0.25) is 0 Å². The third kappa shape index (κ3) is 4.31. The van der Waals surface area contributed by atoms with Crippen molar-refractivity contribution in [2.24, 2.45) is 5.92 Å². The number of benzene rings is 1. The number of carbonyl (C=O) groups is 1. The third-order valence-electron chi connectivity index (χ3n) is 5.00. The molecule has 0 atom stereocenters. The van der Waals surface area contributed by atoms with Gasteiger partial charge in [0.25, 0.3) is 5.91 Å². The molecule has 0 aliphatic heterocycles. The lowest BCUT2D eigenvalue weighted by atomic mass is 10.2. The Morgan fingerprint density at radius 3 is 2.70 bits per heavy atom. The molecule has 3 aromatic heterocycles. The zero-order valence-corrected chi connectivity index (χ0v) is 18.7. The van der Waals surface area contributed by atoms with Crippen LogP contribution in [0.5, 0.6) is 0 Å². The quantitative estimate of drug-likeness (QED) is 0.439. The highest BCUT2D eigenvalue weighted by atomic mass is 32.1. The van der Waals surface area contributed by atoms with Crippen molar-refractivity contribution < 1.29 is 4.79 Å². The highest BCUT2D eigenvalue weighted by Gasteiger charge is 2.20. The molecule has 0 unspecified atom stereocenters. The van der Waals surface area contributed by atoms with Crippen LogP contribution in [0.3, 0.4) is 0 Å². The lowest BCUT2D eigenvalue weighted by Crippen LogP contribution is -2.25. The lowest BCUT2D eigenvalue weighted by Gasteiger charge is -2.15. The summed E-state index contributed by atoms with van der Waals surface area (Å²) in [6.07, 6.45) is 3.84. The topological polar surface area (TPSA) is 56.0 Å². The van der Waals surface area contributed by atoms with E-state index in [4.69, 9.17) is 0 Å². The number of hydrogen-bond acceptors (Lipinski definition) is 4. The van der Waals surface area contributed by atoms with Crippen LogP contribution in [-0.4, -0.2) is 37.4 Å². The fourth-order valence-corrected chi connectivity index (χ4v) is 4.73. The number of fused-ring (bicyclic) bond motifs is 1. The van der Waals surface area contributed by atoms with Gasteiger partial charge in [-0.2, -0.15) is 10.2 Å². The Labute approximate surface area is 180 Å². The first kappa shape index (κ1) is 20.3. The van der Waals surface area contributed by atoms with Gasteiger partial charge in [0.2, 0.25) is 0 Å². The molecule has 1 aromatic carbocycles. The number of rotatable bonds is 7. The van der Waals surface area contributed by atoms with Crippen LogP contribution in [0.4, 0.5) is 0 Å². The van der Waals surface area contributed by atoms with Gasteiger partial charge in [-0.25, -0.2) is 0 Å². The molecule has 0 aliphatic carbocycles. The van der Waals surface area contributed by atoms with Crippen molar-refractivity contribution in [3.05, 3.63) is 70.5 Å². The van der Waals surface area contributed by atoms with E-state index >= 15 is 0 Å². The highest BCUT2D eigenvalue weighted by molar-refractivity contribution is 7.20. The van der Waals surface area contributed by atoms with Crippen LogP contribution in [-0.2, 0) is 19.6 Å². The molecule has 4 rings (SSSR count). The van der Waals surface area contributed by atoms with Gasteiger partial charge in [0.05, 0.1) is 23.3 Å². The summed E-state index contributed by atoms with van der Waals surface area (Å²) in [7, 11) is 1.84. The molecule has 6 nitrogen and oxygen atoms in total. The predicted octanol–water partition coefficient (Wildman–Crippen LogP) is 4.58. The molecule has 0 bridgehead atoms. The van der Waals surface area contributed by atoms with Crippen LogP contribution < -0.4 is 0 Å². The van der Waals surface area contributed by atoms with Gasteiger partial charge in [0, 0.05) is 37.3 Å². The summed E-state index contributed by atoms with van der Waals surface area (Å²) in [6, 6.07) is 12.2. The third-order valence-corrected chi connectivity index (χ3v) is 6.13. The maximum atomic E-state index is 13.0. The van der Waals surface area contributed by atoms with Crippen molar-refractivity contribution in [1.29, 1.82) is 0 Å². The molecule has 0 N–H and O–H groups in total. The first-order chi connectivity index (χ1) is 14.4. The summed E-state index contributed by atoms with van der Waals surface area (Å²) in [5.74, 6) is 0.534. The molecular weight excluding hydrogens is 394 g/mol. The zero-order chi connectivity index (χ0) is 21.3. The fraction of sp³-hybridized carbons (Fsp3) is 0.348. The standard InChI is InChI=1S/C23H27N5OS/c1-16(2)12-28-23-20(17(3)25-28)10-21(30-23)22(29)26(4)13-19-11-24-27(15-19)14-18-8-6-5-7-9-18/h5-11,15-16H,12-14H2,1-4H3. The van der Waals surface area contributed by atoms with E-state index in [0.717, 1.165) is 39.4 Å². The van der Waals surface area contributed by atoms with E-state index in [9.17, 15) is 4.79 Å². The average Bonchev–Trinajstić information content (AvgIpc) is 3.40. The van der Waals surface area contributed by atoms with Gasteiger partial charge in [0.1, 0.15) is 4.83 Å². The Morgan fingerprint density at radius 2 is 1.97 bits per heavy atom. The number of amides is 1. The minimum atomic E-state index is 0.0301. The second-order valence-corrected chi connectivity index (χ2v) is 9.21. The van der Waals surface area contributed by atoms with Crippen molar-refractivity contribution >= 4 is 27.5 Å². The van der Waals surface area contributed by atoms with Gasteiger partial charge < -0.3 is 4.90 Å². The van der Waals surface area contributed by atoms with E-state index in [1.165, 1.54) is 16.9 Å². The van der Waals surface area contributed by atoms with Crippen LogP contribution in [0.1, 0.15) is 40.3 Å². The molecule has 0 saturated heterocycles. The van der Waals surface area contributed by atoms with E-state index in [1.54, 1.807) is 4.90 Å². The number of thiophene rings is 1. The second kappa shape index (κ2) is 8.44. The molecule has 0 spiro atoms. The Hall–Kier alpha value is -2.93. The second-order valence-electron chi connectivity index (χ2n) is 8.18. The summed E-state index contributed by atoms with van der Waals surface area (Å²) in [5.41, 5.74) is 3.20. The predicted molar refractivity (Wildman–Crippen MR) is 121 cm³/mol. The largest absolute Gasteiger partial charge is 0.337 e. The number of hydrogen-bond donors (Lipinski definition) is 0. The van der Waals surface area contributed by atoms with Crippen LogP contribution >= 0.6 is 11.3 Å². The van der Waals surface area contributed by atoms with Crippen molar-refractivity contribution in [2.75, 3.05) is 7.05 Å². The SMILES string of the molecule is Cc1nn(CC(C)C)c2sc(C(=O)N(C)Cc3cnn(Cc4ccccc4)c3)cc12. The van der Waals surface area contributed by atoms with E-state index in [1.807, 2.05) is 60.0 Å². The van der Waals surface area contributed by atoms with Gasteiger partial charge in [-0.15, -0.1) is 11.3 Å². The number of carbonyl (C=O) groups excluding carboxylic acids is 1. The van der Waals surface area contributed by atoms with Gasteiger partial charge in [-0.05, 0) is 24.5 Å². The van der Waals surface area contributed by atoms with E-state index in [2.05, 4.69) is 36.2 Å². The van der Waals surface area contributed by atoms with Gasteiger partial charge in [-0.3, -0.25) is 14.2 Å². The molecule has 30 heavy (non-hydrogen) atoms. The molecule has 0 saturated carbocycles. The molecule has 4 aromatic rings. The molecule has 0 fully saturated rings. The highest BCUT2D eigenvalue weighted by Crippen LogP contribution is 2.29. The van der Waals surface area contributed by atoms with E-state index in [0.29, 0.717) is 12.5 Å². The Balaban J connectivity index is 1.46. The van der Waals surface area contributed by atoms with Crippen LogP contribution in [0.15, 0.2) is 48.8 Å². The number of aryl methyl sites for hydroxylation is 1. The summed E-state index contributed by atoms with van der Waals surface area (Å²) in [4.78, 5) is 16.6. The maximum Gasteiger partial charge on any atom is 0.264 e. The Kier molecular flexibility index (Phi) is 5.72. The van der Waals surface area contributed by atoms with Crippen molar-refractivity contribution in [3.63, 3.8) is 0 Å². The molecule has 0 radical (unpaired) electrons. The van der Waals surface area contributed by atoms with Gasteiger partial charge in [0.15, 0.2) is 0 Å². The minimum absolute atomic E-state index is 0.0301. The monoisotopic (exact) mass is 421 g/mol. The summed E-state index contributed by atoms with van der Waals surface area (Å²) < 4.78 is 3.94. The summed E-state index contributed by atoms with van der Waals surface area (Å²) >= 11 is 1.53. The number of aromatic nitrogens is 4. The average molecular weight is 422 g/mol. The summed E-state index contributed by atoms with van der Waals surface area (Å²) in [5, 5.41) is 10.2. The van der Waals surface area contributed by atoms with Crippen LogP contribution in [0.25, 0.3) is 10.2 Å². The molecular formula is C23H27N5OS. The molecule has 156 valence electrons. The fourth-order valence-electron chi connectivity index (χ4n) is 3.57. The van der Waals surface area contributed by atoms with Gasteiger partial charge >= 0.3 is 0 Å². The molecule has 3 heterocycles. The van der Waals surface area contributed by atoms with Crippen molar-refractivity contribution in [2.45, 2.75) is 40.4 Å². The first-order valence-electron chi connectivity index (χ1n) is 10.2. The smallest absolute Gasteiger partial charge is 0.264 e. The molecule has 0 aliphatic rings. The Bertz CT molecular complexity index is 1160. The van der Waals surface area contributed by atoms with E-state index in [-0.39, 0.29) is 5.91 Å². The zero-order valence-electron chi connectivity index (χ0n) is 17.9. The minimum Gasteiger partial charge on any atom is -0.337 e. The van der Waals surface area contributed by atoms with Crippen molar-refractivity contribution in [3.8, 4) is 0 Å². The summed E-state index contributed by atoms with van der Waals surface area (Å²) in [6.45, 7) is 8.46. The molecule has 7 heteroatoms. The number of nitrogens with zero attached hydrogens (tertiary/aromatic N) is 5. The van der Waals surface area contributed by atoms with E-state index < -0.39 is 0 Å². The van der Waals surface area contributed by atoms with Gasteiger partial charge in [-0.1, -0.05) is 44.2 Å². The molecule has 1 amide bonds. The Morgan fingerprint density at radius 1 is 1.20 bits per heavy atom. The normalized spacial score (nSPS) is 11.5. The lowest BCUT2D eigenvalue weighted by molar-refractivity contribution is 0.0790. The van der Waals surface area contributed by atoms with Crippen molar-refractivity contribution in [1.82, 2.24) is 24.5 Å². The maximum absolute atomic E-state index is 13.0. The first-order valence-corrected chi connectivity index (χ1v) is 11.0. The van der Waals surface area contributed by atoms with Crippen LogP contribution in [0, 0.1) is 12.8 Å².